The van der Waals surface area contributed by atoms with Crippen molar-refractivity contribution in [2.24, 2.45) is 4.99 Å². The number of likely N-dealkylation sites (tertiary alicyclic amines) is 1. The van der Waals surface area contributed by atoms with Crippen molar-refractivity contribution >= 4 is 22.8 Å². The van der Waals surface area contributed by atoms with E-state index in [1.54, 1.807) is 11.8 Å². The van der Waals surface area contributed by atoms with Crippen molar-refractivity contribution in [1.29, 1.82) is 0 Å². The van der Waals surface area contributed by atoms with Crippen molar-refractivity contribution in [3.8, 4) is 0 Å². The molecule has 2 bridgehead atoms. The summed E-state index contributed by atoms with van der Waals surface area (Å²) in [6.07, 6.45) is 3.75. The van der Waals surface area contributed by atoms with Crippen LogP contribution < -0.4 is 0 Å². The number of carbonyl (C=O) groups is 1. The van der Waals surface area contributed by atoms with E-state index >= 15 is 0 Å². The summed E-state index contributed by atoms with van der Waals surface area (Å²) in [4.78, 5) is 20.6. The van der Waals surface area contributed by atoms with Crippen LogP contribution >= 0.6 is 11.8 Å². The monoisotopic (exact) mass is 315 g/mol. The van der Waals surface area contributed by atoms with E-state index in [9.17, 15) is 4.79 Å². The van der Waals surface area contributed by atoms with Crippen LogP contribution in [0.2, 0.25) is 0 Å². The zero-order valence-corrected chi connectivity index (χ0v) is 13.5. The molecule has 2 unspecified atom stereocenters. The predicted octanol–water partition coefficient (Wildman–Crippen LogP) is 2.35. The van der Waals surface area contributed by atoms with Gasteiger partial charge >= 0.3 is 0 Å². The highest BCUT2D eigenvalue weighted by molar-refractivity contribution is 8.14. The number of amidine groups is 1. The number of benzene rings is 1. The molecule has 0 saturated carbocycles. The van der Waals surface area contributed by atoms with Gasteiger partial charge in [0.15, 0.2) is 5.17 Å². The van der Waals surface area contributed by atoms with E-state index in [0.717, 1.165) is 24.8 Å². The highest BCUT2D eigenvalue weighted by Gasteiger charge is 2.38. The molecule has 4 nitrogen and oxygen atoms in total. The fourth-order valence-electron chi connectivity index (χ4n) is 3.86. The zero-order chi connectivity index (χ0) is 14.9. The van der Waals surface area contributed by atoms with Crippen LogP contribution in [0.4, 0.5) is 0 Å². The zero-order valence-electron chi connectivity index (χ0n) is 12.6. The molecule has 0 radical (unpaired) electrons. The van der Waals surface area contributed by atoms with Gasteiger partial charge in [0.25, 0.3) is 5.91 Å². The van der Waals surface area contributed by atoms with E-state index in [-0.39, 0.29) is 5.91 Å². The molecular formula is C17H21N3OS. The molecule has 1 aromatic rings. The second-order valence-electron chi connectivity index (χ2n) is 6.35. The molecule has 22 heavy (non-hydrogen) atoms. The summed E-state index contributed by atoms with van der Waals surface area (Å²) in [5.41, 5.74) is 1.40. The molecule has 3 aliphatic heterocycles. The normalized spacial score (nSPS) is 28.8. The standard InChI is InChI=1S/C17H21N3OS/c21-16-12-22-17(18-16)19-9-8-14-6-7-15(11-19)20(14)10-13-4-2-1-3-5-13/h1-5,14-15H,6-12H2. The maximum atomic E-state index is 11.4. The van der Waals surface area contributed by atoms with E-state index in [0.29, 0.717) is 17.8 Å². The molecule has 3 heterocycles. The number of carbonyl (C=O) groups excluding carboxylic acids is 1. The Balaban J connectivity index is 1.49. The number of hydrogen-bond donors (Lipinski definition) is 0. The Labute approximate surface area is 135 Å². The molecule has 2 atom stereocenters. The average Bonchev–Trinajstić information content (AvgIpc) is 3.05. The van der Waals surface area contributed by atoms with Crippen LogP contribution in [0, 0.1) is 0 Å². The van der Waals surface area contributed by atoms with Crippen LogP contribution in [-0.4, -0.2) is 51.8 Å². The summed E-state index contributed by atoms with van der Waals surface area (Å²) >= 11 is 1.61. The lowest BCUT2D eigenvalue weighted by Gasteiger charge is -2.29. The fourth-order valence-corrected chi connectivity index (χ4v) is 4.69. The largest absolute Gasteiger partial charge is 0.349 e. The molecule has 2 fully saturated rings. The van der Waals surface area contributed by atoms with Gasteiger partial charge in [0.1, 0.15) is 0 Å². The minimum atomic E-state index is 0.0237. The van der Waals surface area contributed by atoms with Gasteiger partial charge in [-0.05, 0) is 24.8 Å². The Morgan fingerprint density at radius 1 is 1.14 bits per heavy atom. The third kappa shape index (κ3) is 2.79. The Morgan fingerprint density at radius 2 is 1.95 bits per heavy atom. The van der Waals surface area contributed by atoms with E-state index in [4.69, 9.17) is 0 Å². The van der Waals surface area contributed by atoms with Gasteiger partial charge in [-0.1, -0.05) is 42.1 Å². The summed E-state index contributed by atoms with van der Waals surface area (Å²) in [6.45, 7) is 3.09. The summed E-state index contributed by atoms with van der Waals surface area (Å²) in [7, 11) is 0. The van der Waals surface area contributed by atoms with E-state index in [1.165, 1.54) is 24.8 Å². The van der Waals surface area contributed by atoms with E-state index < -0.39 is 0 Å². The first-order valence-corrected chi connectivity index (χ1v) is 9.07. The number of nitrogens with zero attached hydrogens (tertiary/aromatic N) is 3. The quantitative estimate of drug-likeness (QED) is 0.839. The van der Waals surface area contributed by atoms with Crippen LogP contribution in [0.1, 0.15) is 24.8 Å². The van der Waals surface area contributed by atoms with Crippen molar-refractivity contribution in [2.75, 3.05) is 18.8 Å². The molecule has 0 spiro atoms. The van der Waals surface area contributed by atoms with Crippen molar-refractivity contribution in [3.63, 3.8) is 0 Å². The summed E-state index contributed by atoms with van der Waals surface area (Å²) in [5.74, 6) is 0.545. The highest BCUT2D eigenvalue weighted by atomic mass is 32.2. The Morgan fingerprint density at radius 3 is 2.73 bits per heavy atom. The van der Waals surface area contributed by atoms with Gasteiger partial charge in [0, 0.05) is 31.7 Å². The lowest BCUT2D eigenvalue weighted by atomic mass is 10.1. The van der Waals surface area contributed by atoms with Gasteiger partial charge in [-0.3, -0.25) is 9.69 Å². The first kappa shape index (κ1) is 14.3. The van der Waals surface area contributed by atoms with Crippen molar-refractivity contribution in [1.82, 2.24) is 9.80 Å². The van der Waals surface area contributed by atoms with E-state index in [2.05, 4.69) is 45.1 Å². The molecule has 2 saturated heterocycles. The van der Waals surface area contributed by atoms with Gasteiger partial charge in [-0.15, -0.1) is 0 Å². The fraction of sp³-hybridized carbons (Fsp3) is 0.529. The van der Waals surface area contributed by atoms with Crippen LogP contribution in [0.3, 0.4) is 0 Å². The third-order valence-electron chi connectivity index (χ3n) is 4.96. The molecule has 5 heteroatoms. The van der Waals surface area contributed by atoms with Gasteiger partial charge < -0.3 is 4.90 Å². The topological polar surface area (TPSA) is 35.9 Å². The molecule has 3 aliphatic rings. The van der Waals surface area contributed by atoms with Crippen molar-refractivity contribution in [2.45, 2.75) is 37.9 Å². The molecule has 116 valence electrons. The third-order valence-corrected chi connectivity index (χ3v) is 5.96. The molecule has 1 aromatic carbocycles. The van der Waals surface area contributed by atoms with E-state index in [1.807, 2.05) is 0 Å². The Bertz CT molecular complexity index is 589. The van der Waals surface area contributed by atoms with Crippen molar-refractivity contribution in [3.05, 3.63) is 35.9 Å². The van der Waals surface area contributed by atoms with Gasteiger partial charge in [-0.2, -0.15) is 4.99 Å². The van der Waals surface area contributed by atoms with Crippen LogP contribution in [0.15, 0.2) is 35.3 Å². The van der Waals surface area contributed by atoms with Gasteiger partial charge in [0.05, 0.1) is 5.75 Å². The van der Waals surface area contributed by atoms with Crippen LogP contribution in [0.5, 0.6) is 0 Å². The molecule has 4 rings (SSSR count). The Hall–Kier alpha value is -1.33. The summed E-state index contributed by atoms with van der Waals surface area (Å²) in [6, 6.07) is 12.0. The second kappa shape index (κ2) is 6.05. The van der Waals surface area contributed by atoms with Crippen LogP contribution in [0.25, 0.3) is 0 Å². The molecule has 1 amide bonds. The number of aliphatic imine (C=N–C) groups is 1. The Kier molecular flexibility index (Phi) is 3.92. The smallest absolute Gasteiger partial charge is 0.258 e. The maximum absolute atomic E-state index is 11.4. The first-order valence-electron chi connectivity index (χ1n) is 8.08. The minimum Gasteiger partial charge on any atom is -0.349 e. The number of thioether (sulfide) groups is 1. The molecule has 0 aromatic heterocycles. The predicted molar refractivity (Wildman–Crippen MR) is 89.9 cm³/mol. The van der Waals surface area contributed by atoms with Gasteiger partial charge in [0.2, 0.25) is 0 Å². The molecule has 0 N–H and O–H groups in total. The highest BCUT2D eigenvalue weighted by Crippen LogP contribution is 2.33. The first-order chi connectivity index (χ1) is 10.8. The second-order valence-corrected chi connectivity index (χ2v) is 7.30. The summed E-state index contributed by atoms with van der Waals surface area (Å²) in [5, 5.41) is 0.956. The number of fused-ring (bicyclic) bond motifs is 2. The SMILES string of the molecule is O=C1CSC(N2CCC3CCC(C2)N3Cc2ccccc2)=N1. The lowest BCUT2D eigenvalue weighted by molar-refractivity contribution is -0.115. The number of amides is 1. The molecular weight excluding hydrogens is 294 g/mol. The van der Waals surface area contributed by atoms with Gasteiger partial charge in [-0.25, -0.2) is 0 Å². The molecule has 0 aliphatic carbocycles. The average molecular weight is 315 g/mol. The van der Waals surface area contributed by atoms with Crippen LogP contribution in [-0.2, 0) is 11.3 Å². The number of hydrogen-bond acceptors (Lipinski definition) is 4. The summed E-state index contributed by atoms with van der Waals surface area (Å²) < 4.78 is 0. The minimum absolute atomic E-state index is 0.0237. The lowest BCUT2D eigenvalue weighted by Crippen LogP contribution is -2.39. The van der Waals surface area contributed by atoms with Crippen molar-refractivity contribution < 1.29 is 4.79 Å². The number of rotatable bonds is 2. The maximum Gasteiger partial charge on any atom is 0.258 e.